The summed E-state index contributed by atoms with van der Waals surface area (Å²) in [4.78, 5) is 21.6. The highest BCUT2D eigenvalue weighted by molar-refractivity contribution is 5.78. The molecule has 0 aliphatic carbocycles. The smallest absolute Gasteiger partial charge is 0.269 e. The van der Waals surface area contributed by atoms with Gasteiger partial charge in [-0.3, -0.25) is 14.9 Å². The molecule has 0 fully saturated rings. The number of unbranched alkanes of at least 4 members (excludes halogenated alkanes) is 2. The summed E-state index contributed by atoms with van der Waals surface area (Å²) in [5.41, 5.74) is 0.783. The van der Waals surface area contributed by atoms with Crippen LogP contribution in [-0.2, 0) is 11.2 Å². The molecule has 19 heavy (non-hydrogen) atoms. The van der Waals surface area contributed by atoms with E-state index in [1.54, 1.807) is 12.1 Å². The highest BCUT2D eigenvalue weighted by Crippen LogP contribution is 2.12. The predicted molar refractivity (Wildman–Crippen MR) is 72.5 cm³/mol. The van der Waals surface area contributed by atoms with E-state index in [9.17, 15) is 14.9 Å². The summed E-state index contributed by atoms with van der Waals surface area (Å²) >= 11 is 0. The number of benzene rings is 1. The first-order valence-corrected chi connectivity index (χ1v) is 6.07. The summed E-state index contributed by atoms with van der Waals surface area (Å²) in [6.45, 7) is 0.605. The fourth-order valence-electron chi connectivity index (χ4n) is 1.56. The van der Waals surface area contributed by atoms with Crippen molar-refractivity contribution in [3.63, 3.8) is 0 Å². The largest absolute Gasteiger partial charge is 0.356 e. The Hall–Kier alpha value is -2.35. The van der Waals surface area contributed by atoms with E-state index in [1.165, 1.54) is 12.1 Å². The van der Waals surface area contributed by atoms with Crippen LogP contribution < -0.4 is 5.32 Å². The third-order valence-corrected chi connectivity index (χ3v) is 2.58. The number of terminal acetylenes is 1. The zero-order chi connectivity index (χ0) is 14.1. The maximum absolute atomic E-state index is 11.6. The molecule has 5 heteroatoms. The fraction of sp³-hybridized carbons (Fsp3) is 0.357. The molecule has 0 radical (unpaired) electrons. The van der Waals surface area contributed by atoms with Crippen LogP contribution in [0.5, 0.6) is 0 Å². The van der Waals surface area contributed by atoms with E-state index in [4.69, 9.17) is 6.42 Å². The number of nitro benzene ring substituents is 1. The summed E-state index contributed by atoms with van der Waals surface area (Å²) in [7, 11) is 0. The standard InChI is InChI=1S/C14H16N2O3/c1-2-3-4-5-10-15-14(17)11-12-6-8-13(9-7-12)16(18)19/h1,6-9H,3-5,10-11H2,(H,15,17). The van der Waals surface area contributed by atoms with Gasteiger partial charge in [0.2, 0.25) is 5.91 Å². The first-order valence-electron chi connectivity index (χ1n) is 6.07. The van der Waals surface area contributed by atoms with Gasteiger partial charge in [0.25, 0.3) is 5.69 Å². The van der Waals surface area contributed by atoms with E-state index in [2.05, 4.69) is 11.2 Å². The number of nitrogens with one attached hydrogen (secondary N) is 1. The number of carbonyl (C=O) groups is 1. The number of carbonyl (C=O) groups excluding carboxylic acids is 1. The van der Waals surface area contributed by atoms with E-state index < -0.39 is 4.92 Å². The molecular formula is C14H16N2O3. The Kier molecular flexibility index (Phi) is 6.10. The topological polar surface area (TPSA) is 72.2 Å². The molecule has 1 rings (SSSR count). The normalized spacial score (nSPS) is 9.63. The Labute approximate surface area is 112 Å². The Morgan fingerprint density at radius 1 is 1.32 bits per heavy atom. The summed E-state index contributed by atoms with van der Waals surface area (Å²) in [5, 5.41) is 13.3. The molecule has 0 spiro atoms. The highest BCUT2D eigenvalue weighted by Gasteiger charge is 2.06. The van der Waals surface area contributed by atoms with Crippen LogP contribution in [0.15, 0.2) is 24.3 Å². The molecular weight excluding hydrogens is 244 g/mol. The van der Waals surface area contributed by atoms with Crippen molar-refractivity contribution in [1.29, 1.82) is 0 Å². The quantitative estimate of drug-likeness (QED) is 0.353. The second-order valence-corrected chi connectivity index (χ2v) is 4.11. The average molecular weight is 260 g/mol. The molecule has 0 unspecified atom stereocenters. The maximum Gasteiger partial charge on any atom is 0.269 e. The molecule has 0 aliphatic rings. The van der Waals surface area contributed by atoms with Gasteiger partial charge in [-0.15, -0.1) is 12.3 Å². The van der Waals surface area contributed by atoms with Crippen molar-refractivity contribution in [2.75, 3.05) is 6.54 Å². The Bertz CT molecular complexity index is 474. The molecule has 5 nitrogen and oxygen atoms in total. The summed E-state index contributed by atoms with van der Waals surface area (Å²) in [6, 6.07) is 5.98. The molecule has 100 valence electrons. The van der Waals surface area contributed by atoms with Crippen molar-refractivity contribution in [2.24, 2.45) is 0 Å². The second-order valence-electron chi connectivity index (χ2n) is 4.11. The molecule has 0 heterocycles. The lowest BCUT2D eigenvalue weighted by molar-refractivity contribution is -0.384. The van der Waals surface area contributed by atoms with Crippen LogP contribution in [-0.4, -0.2) is 17.4 Å². The minimum Gasteiger partial charge on any atom is -0.356 e. The van der Waals surface area contributed by atoms with Crippen molar-refractivity contribution in [3.8, 4) is 12.3 Å². The van der Waals surface area contributed by atoms with Crippen molar-refractivity contribution in [1.82, 2.24) is 5.32 Å². The lowest BCUT2D eigenvalue weighted by Gasteiger charge is -2.04. The van der Waals surface area contributed by atoms with Crippen LogP contribution in [0.4, 0.5) is 5.69 Å². The molecule has 1 N–H and O–H groups in total. The Morgan fingerprint density at radius 2 is 2.00 bits per heavy atom. The minimum atomic E-state index is -0.463. The number of hydrogen-bond donors (Lipinski definition) is 1. The van der Waals surface area contributed by atoms with Gasteiger partial charge < -0.3 is 5.32 Å². The van der Waals surface area contributed by atoms with Gasteiger partial charge >= 0.3 is 0 Å². The monoisotopic (exact) mass is 260 g/mol. The van der Waals surface area contributed by atoms with Gasteiger partial charge in [0.05, 0.1) is 11.3 Å². The van der Waals surface area contributed by atoms with Crippen molar-refractivity contribution in [3.05, 3.63) is 39.9 Å². The maximum atomic E-state index is 11.6. The van der Waals surface area contributed by atoms with E-state index in [-0.39, 0.29) is 18.0 Å². The summed E-state index contributed by atoms with van der Waals surface area (Å²) in [5.74, 6) is 2.45. The van der Waals surface area contributed by atoms with Crippen LogP contribution in [0.2, 0.25) is 0 Å². The number of non-ortho nitro benzene ring substituents is 1. The van der Waals surface area contributed by atoms with Crippen LogP contribution in [0.1, 0.15) is 24.8 Å². The van der Waals surface area contributed by atoms with Gasteiger partial charge in [-0.05, 0) is 18.4 Å². The zero-order valence-corrected chi connectivity index (χ0v) is 10.6. The van der Waals surface area contributed by atoms with Gasteiger partial charge in [-0.2, -0.15) is 0 Å². The average Bonchev–Trinajstić information content (AvgIpc) is 2.39. The molecule has 0 saturated heterocycles. The van der Waals surface area contributed by atoms with Gasteiger partial charge in [0, 0.05) is 25.1 Å². The first kappa shape index (κ1) is 14.7. The number of nitrogens with zero attached hydrogens (tertiary/aromatic N) is 1. The molecule has 1 aromatic carbocycles. The van der Waals surface area contributed by atoms with Gasteiger partial charge in [0.1, 0.15) is 0 Å². The fourth-order valence-corrected chi connectivity index (χ4v) is 1.56. The van der Waals surface area contributed by atoms with E-state index in [0.717, 1.165) is 24.8 Å². The van der Waals surface area contributed by atoms with E-state index in [1.807, 2.05) is 0 Å². The summed E-state index contributed by atoms with van der Waals surface area (Å²) in [6.07, 6.45) is 7.83. The lowest BCUT2D eigenvalue weighted by Crippen LogP contribution is -2.26. The van der Waals surface area contributed by atoms with Crippen molar-refractivity contribution < 1.29 is 9.72 Å². The summed E-state index contributed by atoms with van der Waals surface area (Å²) < 4.78 is 0. The SMILES string of the molecule is C#CCCCCNC(=O)Cc1ccc([N+](=O)[O-])cc1. The van der Waals surface area contributed by atoms with Crippen LogP contribution in [0.3, 0.4) is 0 Å². The van der Waals surface area contributed by atoms with E-state index in [0.29, 0.717) is 6.54 Å². The molecule has 0 aromatic heterocycles. The lowest BCUT2D eigenvalue weighted by atomic mass is 10.1. The number of hydrogen-bond acceptors (Lipinski definition) is 3. The Morgan fingerprint density at radius 3 is 2.58 bits per heavy atom. The molecule has 0 aliphatic heterocycles. The van der Waals surface area contributed by atoms with Crippen LogP contribution in [0.25, 0.3) is 0 Å². The van der Waals surface area contributed by atoms with Crippen molar-refractivity contribution in [2.45, 2.75) is 25.7 Å². The predicted octanol–water partition coefficient (Wildman–Crippen LogP) is 2.06. The van der Waals surface area contributed by atoms with E-state index >= 15 is 0 Å². The minimum absolute atomic E-state index is 0.0263. The first-order chi connectivity index (χ1) is 9.13. The number of amides is 1. The molecule has 0 atom stereocenters. The number of nitro groups is 1. The third kappa shape index (κ3) is 5.68. The molecule has 1 aromatic rings. The second kappa shape index (κ2) is 7.88. The zero-order valence-electron chi connectivity index (χ0n) is 10.6. The van der Waals surface area contributed by atoms with Crippen LogP contribution >= 0.6 is 0 Å². The molecule has 0 bridgehead atoms. The van der Waals surface area contributed by atoms with Crippen molar-refractivity contribution >= 4 is 11.6 Å². The molecule has 0 saturated carbocycles. The van der Waals surface area contributed by atoms with Gasteiger partial charge in [-0.1, -0.05) is 12.1 Å². The molecule has 1 amide bonds. The third-order valence-electron chi connectivity index (χ3n) is 2.58. The van der Waals surface area contributed by atoms with Gasteiger partial charge in [0.15, 0.2) is 0 Å². The Balaban J connectivity index is 2.32. The highest BCUT2D eigenvalue weighted by atomic mass is 16.6. The van der Waals surface area contributed by atoms with Gasteiger partial charge in [-0.25, -0.2) is 0 Å². The number of rotatable bonds is 7. The van der Waals surface area contributed by atoms with Crippen LogP contribution in [0, 0.1) is 22.5 Å².